The minimum Gasteiger partial charge on any atom is -0.315 e. The number of amides is 1. The number of nitriles is 1. The lowest BCUT2D eigenvalue weighted by molar-refractivity contribution is -0.116. The van der Waals surface area contributed by atoms with Crippen LogP contribution in [0.1, 0.15) is 40.0 Å². The summed E-state index contributed by atoms with van der Waals surface area (Å²) in [6, 6.07) is 8.38. The molecule has 0 aliphatic heterocycles. The van der Waals surface area contributed by atoms with Crippen molar-refractivity contribution < 1.29 is 4.79 Å². The number of nitrogens with one attached hydrogen (secondary N) is 1. The lowest BCUT2D eigenvalue weighted by Crippen LogP contribution is -2.27. The van der Waals surface area contributed by atoms with Gasteiger partial charge in [0.1, 0.15) is 22.4 Å². The van der Waals surface area contributed by atoms with Crippen molar-refractivity contribution in [2.45, 2.75) is 46.1 Å². The van der Waals surface area contributed by atoms with Gasteiger partial charge in [-0.2, -0.15) is 5.26 Å². The Balaban J connectivity index is 1.45. The van der Waals surface area contributed by atoms with Gasteiger partial charge >= 0.3 is 0 Å². The number of benzene rings is 1. The summed E-state index contributed by atoms with van der Waals surface area (Å²) in [6.45, 7) is 3.95. The van der Waals surface area contributed by atoms with Gasteiger partial charge in [-0.3, -0.25) is 14.2 Å². The topological polar surface area (TPSA) is 87.8 Å². The Bertz CT molecular complexity index is 1500. The fourth-order valence-corrected chi connectivity index (χ4v) is 6.46. The molecule has 0 unspecified atom stereocenters. The average Bonchev–Trinajstić information content (AvgIpc) is 3.39. The molecule has 0 spiro atoms. The second-order valence-corrected chi connectivity index (χ2v) is 10.3. The van der Waals surface area contributed by atoms with E-state index in [4.69, 9.17) is 0 Å². The highest BCUT2D eigenvalue weighted by Gasteiger charge is 2.22. The highest BCUT2D eigenvalue weighted by Crippen LogP contribution is 2.37. The summed E-state index contributed by atoms with van der Waals surface area (Å²) in [5, 5.41) is 15.6. The van der Waals surface area contributed by atoms with Crippen LogP contribution in [-0.2, 0) is 24.2 Å². The fraction of sp³-hybridized carbons (Fsp3) is 0.280. The monoisotopic (exact) mass is 474 g/mol. The number of carbonyl (C=O) groups excluding carboxylic acids is 1. The third-order valence-electron chi connectivity index (χ3n) is 6.23. The number of aromatic nitrogens is 2. The Kier molecular flexibility index (Phi) is 5.60. The van der Waals surface area contributed by atoms with Crippen LogP contribution in [0.4, 0.5) is 5.00 Å². The van der Waals surface area contributed by atoms with Crippen LogP contribution in [0.15, 0.2) is 34.7 Å². The molecule has 0 saturated carbocycles. The summed E-state index contributed by atoms with van der Waals surface area (Å²) < 4.78 is 1.34. The molecule has 4 aromatic rings. The Labute approximate surface area is 199 Å². The standard InChI is InChI=1S/C25H22N4O2S2/c1-14-7-8-16(9-15(14)2)19-12-32-24-22(19)25(31)29(13-27-24)11-21(30)28-23-18(10-26)17-5-3-4-6-20(17)33-23/h7-9,12-13H,3-6,11H2,1-2H3,(H,28,30). The zero-order valence-electron chi connectivity index (χ0n) is 18.4. The van der Waals surface area contributed by atoms with Crippen molar-refractivity contribution in [3.05, 3.63) is 67.4 Å². The van der Waals surface area contributed by atoms with Crippen LogP contribution < -0.4 is 10.9 Å². The predicted octanol–water partition coefficient (Wildman–Crippen LogP) is 5.19. The van der Waals surface area contributed by atoms with Crippen molar-refractivity contribution in [2.24, 2.45) is 0 Å². The number of aryl methyl sites for hydroxylation is 3. The van der Waals surface area contributed by atoms with Gasteiger partial charge in [0.2, 0.25) is 5.91 Å². The van der Waals surface area contributed by atoms with Crippen LogP contribution in [0.3, 0.4) is 0 Å². The molecule has 6 nitrogen and oxygen atoms in total. The van der Waals surface area contributed by atoms with Crippen LogP contribution >= 0.6 is 22.7 Å². The molecular formula is C25H22N4O2S2. The molecule has 1 aromatic carbocycles. The van der Waals surface area contributed by atoms with Crippen molar-refractivity contribution >= 4 is 43.8 Å². The van der Waals surface area contributed by atoms with Crippen molar-refractivity contribution in [1.29, 1.82) is 5.26 Å². The van der Waals surface area contributed by atoms with E-state index in [0.29, 0.717) is 20.8 Å². The van der Waals surface area contributed by atoms with Crippen molar-refractivity contribution in [2.75, 3.05) is 5.32 Å². The van der Waals surface area contributed by atoms with Crippen LogP contribution in [0.25, 0.3) is 21.3 Å². The molecule has 3 heterocycles. The summed E-state index contributed by atoms with van der Waals surface area (Å²) in [6.07, 6.45) is 5.43. The fourth-order valence-electron chi connectivity index (χ4n) is 4.29. The molecule has 1 amide bonds. The van der Waals surface area contributed by atoms with E-state index in [1.54, 1.807) is 0 Å². The summed E-state index contributed by atoms with van der Waals surface area (Å²) in [5.74, 6) is -0.337. The molecule has 0 saturated heterocycles. The zero-order chi connectivity index (χ0) is 23.1. The molecule has 0 radical (unpaired) electrons. The second kappa shape index (κ2) is 8.58. The van der Waals surface area contributed by atoms with Crippen molar-refractivity contribution in [3.8, 4) is 17.2 Å². The minimum absolute atomic E-state index is 0.155. The summed E-state index contributed by atoms with van der Waals surface area (Å²) >= 11 is 2.90. The predicted molar refractivity (Wildman–Crippen MR) is 133 cm³/mol. The largest absolute Gasteiger partial charge is 0.315 e. The van der Waals surface area contributed by atoms with Gasteiger partial charge in [0.25, 0.3) is 5.56 Å². The second-order valence-electron chi connectivity index (χ2n) is 8.38. The Morgan fingerprint density at radius 3 is 2.85 bits per heavy atom. The molecule has 0 atom stereocenters. The molecular weight excluding hydrogens is 452 g/mol. The molecule has 3 aromatic heterocycles. The van der Waals surface area contributed by atoms with E-state index in [0.717, 1.165) is 47.9 Å². The van der Waals surface area contributed by atoms with Gasteiger partial charge in [0.05, 0.1) is 17.3 Å². The molecule has 8 heteroatoms. The van der Waals surface area contributed by atoms with E-state index < -0.39 is 0 Å². The van der Waals surface area contributed by atoms with Gasteiger partial charge in [-0.1, -0.05) is 18.2 Å². The van der Waals surface area contributed by atoms with Crippen molar-refractivity contribution in [1.82, 2.24) is 9.55 Å². The first-order chi connectivity index (χ1) is 16.0. The van der Waals surface area contributed by atoms with Gasteiger partial charge in [-0.15, -0.1) is 22.7 Å². The third-order valence-corrected chi connectivity index (χ3v) is 8.32. The molecule has 1 aliphatic carbocycles. The quantitative estimate of drug-likeness (QED) is 0.441. The maximum absolute atomic E-state index is 13.3. The average molecular weight is 475 g/mol. The molecule has 0 bridgehead atoms. The van der Waals surface area contributed by atoms with Gasteiger partial charge in [-0.25, -0.2) is 4.98 Å². The van der Waals surface area contributed by atoms with E-state index in [1.807, 2.05) is 24.4 Å². The summed E-state index contributed by atoms with van der Waals surface area (Å²) in [4.78, 5) is 32.4. The molecule has 33 heavy (non-hydrogen) atoms. The Morgan fingerprint density at radius 1 is 1.24 bits per heavy atom. The van der Waals surface area contributed by atoms with Crippen LogP contribution in [0.5, 0.6) is 0 Å². The lowest BCUT2D eigenvalue weighted by Gasteiger charge is -2.09. The Hall–Kier alpha value is -3.28. The van der Waals surface area contributed by atoms with E-state index in [9.17, 15) is 14.9 Å². The smallest absolute Gasteiger partial charge is 0.263 e. The first-order valence-electron chi connectivity index (χ1n) is 10.8. The first kappa shape index (κ1) is 21.6. The van der Waals surface area contributed by atoms with E-state index in [1.165, 1.54) is 44.0 Å². The SMILES string of the molecule is Cc1ccc(-c2csc3ncn(CC(=O)Nc4sc5c(c4C#N)CCCC5)c(=O)c23)cc1C. The highest BCUT2D eigenvalue weighted by molar-refractivity contribution is 7.17. The number of rotatable bonds is 4. The summed E-state index contributed by atoms with van der Waals surface area (Å²) in [5.41, 5.74) is 5.55. The first-order valence-corrected chi connectivity index (χ1v) is 12.5. The van der Waals surface area contributed by atoms with Crippen molar-refractivity contribution in [3.63, 3.8) is 0 Å². The Morgan fingerprint density at radius 2 is 2.06 bits per heavy atom. The molecule has 1 aliphatic rings. The molecule has 5 rings (SSSR count). The van der Waals surface area contributed by atoms with E-state index >= 15 is 0 Å². The summed E-state index contributed by atoms with van der Waals surface area (Å²) in [7, 11) is 0. The van der Waals surface area contributed by atoms with Gasteiger partial charge in [0, 0.05) is 15.8 Å². The number of hydrogen-bond acceptors (Lipinski definition) is 6. The normalized spacial score (nSPS) is 13.0. The molecule has 0 fully saturated rings. The molecule has 1 N–H and O–H groups in total. The van der Waals surface area contributed by atoms with E-state index in [-0.39, 0.29) is 18.0 Å². The zero-order valence-corrected chi connectivity index (χ0v) is 20.0. The maximum Gasteiger partial charge on any atom is 0.263 e. The van der Waals surface area contributed by atoms with Gasteiger partial charge in [-0.05, 0) is 61.8 Å². The van der Waals surface area contributed by atoms with Gasteiger partial charge < -0.3 is 5.32 Å². The number of hydrogen-bond donors (Lipinski definition) is 1. The number of nitrogens with zero attached hydrogens (tertiary/aromatic N) is 3. The van der Waals surface area contributed by atoms with Crippen LogP contribution in [-0.4, -0.2) is 15.5 Å². The molecule has 166 valence electrons. The van der Waals surface area contributed by atoms with E-state index in [2.05, 4.69) is 29.4 Å². The number of thiophene rings is 2. The maximum atomic E-state index is 13.3. The van der Waals surface area contributed by atoms with Gasteiger partial charge in [0.15, 0.2) is 0 Å². The number of fused-ring (bicyclic) bond motifs is 2. The highest BCUT2D eigenvalue weighted by atomic mass is 32.1. The van der Waals surface area contributed by atoms with Crippen LogP contribution in [0.2, 0.25) is 0 Å². The number of anilines is 1. The lowest BCUT2D eigenvalue weighted by atomic mass is 9.96. The number of carbonyl (C=O) groups is 1. The van der Waals surface area contributed by atoms with Crippen LogP contribution in [0, 0.1) is 25.2 Å². The third kappa shape index (κ3) is 3.88. The minimum atomic E-state index is -0.337.